The second-order valence-electron chi connectivity index (χ2n) is 10.7. The number of carboxylic acid groups (broad SMARTS) is 1. The lowest BCUT2D eigenvalue weighted by Gasteiger charge is -2.47. The van der Waals surface area contributed by atoms with E-state index < -0.39 is 23.7 Å². The summed E-state index contributed by atoms with van der Waals surface area (Å²) in [6, 6.07) is 2.09. The van der Waals surface area contributed by atoms with E-state index >= 15 is 4.39 Å². The van der Waals surface area contributed by atoms with Crippen LogP contribution in [-0.4, -0.2) is 54.3 Å². The molecule has 2 aliphatic heterocycles. The van der Waals surface area contributed by atoms with Crippen LogP contribution in [0.3, 0.4) is 0 Å². The Bertz CT molecular complexity index is 932. The zero-order valence-corrected chi connectivity index (χ0v) is 19.4. The lowest BCUT2D eigenvalue weighted by molar-refractivity contribution is -0.141. The lowest BCUT2D eigenvalue weighted by Crippen LogP contribution is -2.46. The highest BCUT2D eigenvalue weighted by Gasteiger charge is 2.44. The minimum Gasteiger partial charge on any atom is -0.493 e. The third kappa shape index (κ3) is 4.48. The van der Waals surface area contributed by atoms with Crippen molar-refractivity contribution in [2.24, 2.45) is 17.3 Å². The first-order valence-corrected chi connectivity index (χ1v) is 12.5. The summed E-state index contributed by atoms with van der Waals surface area (Å²) in [4.78, 5) is 25.9. The van der Waals surface area contributed by atoms with Crippen LogP contribution in [0.25, 0.3) is 0 Å². The molecule has 180 valence electrons. The molecule has 2 bridgehead atoms. The summed E-state index contributed by atoms with van der Waals surface area (Å²) < 4.78 is 27.4. The molecule has 0 aromatic heterocycles. The van der Waals surface area contributed by atoms with Gasteiger partial charge in [-0.3, -0.25) is 4.79 Å². The van der Waals surface area contributed by atoms with Crippen LogP contribution in [0.1, 0.15) is 80.1 Å². The quantitative estimate of drug-likeness (QED) is 0.644. The monoisotopic (exact) mass is 459 g/mol. The van der Waals surface area contributed by atoms with Crippen LogP contribution in [0.4, 0.5) is 4.39 Å². The Morgan fingerprint density at radius 2 is 2.09 bits per heavy atom. The largest absolute Gasteiger partial charge is 0.493 e. The number of ether oxygens (including phenoxy) is 2. The standard InChI is InChI=1S/C26H34FNO5/c1-2-16-8-17-12-26(11-16,14-32-13-17)15-33-23-10-21(27)20(9-19(23)18-5-6-18)24(29)28-7-3-4-22(28)25(30)31/h9-10,16-18,22H,2-8,11-15H2,1H3,(H,30,31)/t16?,17?,22-,26?/m0/s1. The number of carbonyl (C=O) groups excluding carboxylic acids is 1. The number of hydrogen-bond donors (Lipinski definition) is 1. The number of carboxylic acids is 1. The molecule has 1 N–H and O–H groups in total. The van der Waals surface area contributed by atoms with E-state index in [0.29, 0.717) is 50.2 Å². The summed E-state index contributed by atoms with van der Waals surface area (Å²) >= 11 is 0. The minimum absolute atomic E-state index is 0.0299. The summed E-state index contributed by atoms with van der Waals surface area (Å²) in [5.41, 5.74) is 0.802. The van der Waals surface area contributed by atoms with Gasteiger partial charge in [-0.1, -0.05) is 13.3 Å². The Morgan fingerprint density at radius 1 is 1.27 bits per heavy atom. The van der Waals surface area contributed by atoms with Crippen molar-refractivity contribution in [1.82, 2.24) is 4.90 Å². The number of nitrogens with zero attached hydrogens (tertiary/aromatic N) is 1. The Balaban J connectivity index is 1.37. The van der Waals surface area contributed by atoms with Crippen molar-refractivity contribution in [2.75, 3.05) is 26.4 Å². The van der Waals surface area contributed by atoms with Gasteiger partial charge in [0.1, 0.15) is 17.6 Å². The third-order valence-electron chi connectivity index (χ3n) is 8.13. The van der Waals surface area contributed by atoms with E-state index in [4.69, 9.17) is 9.47 Å². The fourth-order valence-electron chi connectivity index (χ4n) is 6.33. The molecule has 2 saturated carbocycles. The summed E-state index contributed by atoms with van der Waals surface area (Å²) in [6.07, 6.45) is 7.54. The van der Waals surface area contributed by atoms with E-state index in [1.165, 1.54) is 17.4 Å². The Kier molecular flexibility index (Phi) is 6.10. The first-order valence-electron chi connectivity index (χ1n) is 12.5. The Morgan fingerprint density at radius 3 is 2.82 bits per heavy atom. The molecule has 5 rings (SSSR count). The van der Waals surface area contributed by atoms with Crippen molar-refractivity contribution >= 4 is 11.9 Å². The topological polar surface area (TPSA) is 76.1 Å². The van der Waals surface area contributed by atoms with Gasteiger partial charge in [0.2, 0.25) is 0 Å². The van der Waals surface area contributed by atoms with Gasteiger partial charge in [0.15, 0.2) is 0 Å². The molecule has 4 atom stereocenters. The van der Waals surface area contributed by atoms with Crippen molar-refractivity contribution in [1.29, 1.82) is 0 Å². The highest BCUT2D eigenvalue weighted by molar-refractivity contribution is 5.97. The van der Waals surface area contributed by atoms with Crippen LogP contribution >= 0.6 is 0 Å². The number of hydrogen-bond acceptors (Lipinski definition) is 4. The maximum Gasteiger partial charge on any atom is 0.326 e. The zero-order chi connectivity index (χ0) is 23.2. The van der Waals surface area contributed by atoms with Gasteiger partial charge in [0.25, 0.3) is 5.91 Å². The van der Waals surface area contributed by atoms with Crippen LogP contribution in [0.15, 0.2) is 12.1 Å². The van der Waals surface area contributed by atoms with E-state index in [0.717, 1.165) is 44.3 Å². The fourth-order valence-corrected chi connectivity index (χ4v) is 6.33. The number of aliphatic carboxylic acids is 1. The van der Waals surface area contributed by atoms with E-state index in [2.05, 4.69) is 6.92 Å². The van der Waals surface area contributed by atoms with Gasteiger partial charge >= 0.3 is 5.97 Å². The summed E-state index contributed by atoms with van der Waals surface area (Å²) in [5.74, 6) is -0.163. The van der Waals surface area contributed by atoms with Gasteiger partial charge in [-0.15, -0.1) is 0 Å². The summed E-state index contributed by atoms with van der Waals surface area (Å²) in [5, 5.41) is 9.43. The SMILES string of the molecule is CCC1CC2COCC(COc3cc(F)c(C(=O)N4CCC[C@H]4C(=O)O)cc3C3CC3)(C1)C2. The van der Waals surface area contributed by atoms with Gasteiger partial charge in [0, 0.05) is 24.6 Å². The summed E-state index contributed by atoms with van der Waals surface area (Å²) in [6.45, 7) is 4.59. The molecular weight excluding hydrogens is 425 g/mol. The maximum absolute atomic E-state index is 15.2. The van der Waals surface area contributed by atoms with Gasteiger partial charge in [-0.2, -0.15) is 0 Å². The molecule has 4 aliphatic rings. The summed E-state index contributed by atoms with van der Waals surface area (Å²) in [7, 11) is 0. The van der Waals surface area contributed by atoms with E-state index in [1.807, 2.05) is 0 Å². The average Bonchev–Trinajstić information content (AvgIpc) is 3.51. The lowest BCUT2D eigenvalue weighted by atomic mass is 9.64. The van der Waals surface area contributed by atoms with Crippen molar-refractivity contribution in [3.05, 3.63) is 29.1 Å². The maximum atomic E-state index is 15.2. The number of halogens is 1. The van der Waals surface area contributed by atoms with E-state index in [9.17, 15) is 14.7 Å². The molecule has 3 unspecified atom stereocenters. The molecule has 7 heteroatoms. The molecule has 2 heterocycles. The molecule has 0 spiro atoms. The first-order chi connectivity index (χ1) is 15.9. The second kappa shape index (κ2) is 8.90. The van der Waals surface area contributed by atoms with Crippen molar-refractivity contribution < 1.29 is 28.6 Å². The van der Waals surface area contributed by atoms with Gasteiger partial charge in [-0.25, -0.2) is 9.18 Å². The highest BCUT2D eigenvalue weighted by Crippen LogP contribution is 2.49. The number of likely N-dealkylation sites (tertiary alicyclic amines) is 1. The van der Waals surface area contributed by atoms with Crippen molar-refractivity contribution in [3.63, 3.8) is 0 Å². The minimum atomic E-state index is -1.03. The fraction of sp³-hybridized carbons (Fsp3) is 0.692. The molecular formula is C26H34FNO5. The van der Waals surface area contributed by atoms with Crippen LogP contribution in [0.5, 0.6) is 5.75 Å². The first kappa shape index (κ1) is 22.6. The Hall–Kier alpha value is -2.15. The van der Waals surface area contributed by atoms with Crippen molar-refractivity contribution in [3.8, 4) is 5.75 Å². The highest BCUT2D eigenvalue weighted by atomic mass is 19.1. The van der Waals surface area contributed by atoms with E-state index in [1.54, 1.807) is 6.07 Å². The molecule has 4 fully saturated rings. The molecule has 1 amide bonds. The van der Waals surface area contributed by atoms with Crippen LogP contribution in [-0.2, 0) is 9.53 Å². The molecule has 33 heavy (non-hydrogen) atoms. The van der Waals surface area contributed by atoms with E-state index in [-0.39, 0.29) is 16.9 Å². The second-order valence-corrected chi connectivity index (χ2v) is 10.7. The molecule has 1 aromatic rings. The number of fused-ring (bicyclic) bond motifs is 2. The van der Waals surface area contributed by atoms with Gasteiger partial charge in [0.05, 0.1) is 18.8 Å². The molecule has 1 aromatic carbocycles. The predicted molar refractivity (Wildman–Crippen MR) is 120 cm³/mol. The van der Waals surface area contributed by atoms with Crippen LogP contribution < -0.4 is 4.74 Å². The third-order valence-corrected chi connectivity index (χ3v) is 8.13. The number of rotatable bonds is 7. The van der Waals surface area contributed by atoms with Crippen LogP contribution in [0.2, 0.25) is 0 Å². The van der Waals surface area contributed by atoms with Gasteiger partial charge < -0.3 is 19.5 Å². The number of amides is 1. The van der Waals surface area contributed by atoms with Gasteiger partial charge in [-0.05, 0) is 74.3 Å². The molecule has 0 radical (unpaired) electrons. The Labute approximate surface area is 194 Å². The number of benzene rings is 1. The average molecular weight is 460 g/mol. The van der Waals surface area contributed by atoms with Crippen molar-refractivity contribution in [2.45, 2.75) is 70.3 Å². The molecule has 2 aliphatic carbocycles. The predicted octanol–water partition coefficient (Wildman–Crippen LogP) is 4.61. The van der Waals surface area contributed by atoms with Crippen LogP contribution in [0, 0.1) is 23.1 Å². The zero-order valence-electron chi connectivity index (χ0n) is 19.4. The number of carbonyl (C=O) groups is 2. The smallest absolute Gasteiger partial charge is 0.326 e. The normalized spacial score (nSPS) is 31.5. The molecule has 6 nitrogen and oxygen atoms in total. The molecule has 2 saturated heterocycles.